The van der Waals surface area contributed by atoms with Crippen molar-refractivity contribution in [1.29, 1.82) is 0 Å². The molecule has 1 aliphatic carbocycles. The number of aliphatic hydroxyl groups is 1. The van der Waals surface area contributed by atoms with Gasteiger partial charge in [0.05, 0.1) is 6.54 Å². The number of nitrogens with one attached hydrogen (secondary N) is 1. The van der Waals surface area contributed by atoms with E-state index < -0.39 is 5.97 Å². The van der Waals surface area contributed by atoms with Crippen molar-refractivity contribution in [3.8, 4) is 0 Å². The molecule has 2 amide bonds. The second-order valence-electron chi connectivity index (χ2n) is 5.09. The molecule has 0 aliphatic heterocycles. The minimum absolute atomic E-state index is 0.0522. The summed E-state index contributed by atoms with van der Waals surface area (Å²) in [6, 6.07) is 2.92. The maximum Gasteiger partial charge on any atom is 0.371 e. The largest absolute Gasteiger partial charge is 0.475 e. The lowest BCUT2D eigenvalue weighted by Crippen LogP contribution is -2.49. The van der Waals surface area contributed by atoms with E-state index in [9.17, 15) is 9.59 Å². The maximum atomic E-state index is 12.2. The van der Waals surface area contributed by atoms with Crippen LogP contribution in [0, 0.1) is 0 Å². The number of amides is 2. The molecule has 116 valence electrons. The minimum atomic E-state index is -1.13. The molecule has 0 unspecified atom stereocenters. The molecule has 21 heavy (non-hydrogen) atoms. The molecule has 0 radical (unpaired) electrons. The van der Waals surface area contributed by atoms with Crippen molar-refractivity contribution in [2.45, 2.75) is 38.3 Å². The summed E-state index contributed by atoms with van der Waals surface area (Å²) < 4.78 is 5.08. The number of hydrogen-bond acceptors (Lipinski definition) is 4. The Morgan fingerprint density at radius 2 is 2.14 bits per heavy atom. The first kappa shape index (κ1) is 15.4. The quantitative estimate of drug-likeness (QED) is 0.706. The van der Waals surface area contributed by atoms with E-state index in [0.29, 0.717) is 18.7 Å². The predicted octanol–water partition coefficient (Wildman–Crippen LogP) is 1.42. The van der Waals surface area contributed by atoms with Gasteiger partial charge in [0.15, 0.2) is 0 Å². The molecule has 1 aromatic heterocycles. The fourth-order valence-corrected chi connectivity index (χ4v) is 2.24. The van der Waals surface area contributed by atoms with Gasteiger partial charge in [0.1, 0.15) is 5.76 Å². The summed E-state index contributed by atoms with van der Waals surface area (Å²) in [4.78, 5) is 24.6. The standard InChI is InChI=1S/C14H20N2O5/c17-8-2-7-16(10-3-1-4-10)14(20)15-9-11-5-6-12(21-11)13(18)19/h5-6,10,17H,1-4,7-9H2,(H,15,20)(H,18,19). The number of urea groups is 1. The van der Waals surface area contributed by atoms with Crippen LogP contribution in [0.3, 0.4) is 0 Å². The molecular formula is C14H20N2O5. The molecular weight excluding hydrogens is 276 g/mol. The van der Waals surface area contributed by atoms with Gasteiger partial charge >= 0.3 is 12.0 Å². The summed E-state index contributed by atoms with van der Waals surface area (Å²) in [5.41, 5.74) is 0. The average Bonchev–Trinajstić information content (AvgIpc) is 2.87. The Hall–Kier alpha value is -2.02. The van der Waals surface area contributed by atoms with Crippen molar-refractivity contribution < 1.29 is 24.2 Å². The molecule has 7 nitrogen and oxygen atoms in total. The van der Waals surface area contributed by atoms with Crippen LogP contribution in [0.15, 0.2) is 16.5 Å². The smallest absolute Gasteiger partial charge is 0.371 e. The van der Waals surface area contributed by atoms with Crippen LogP contribution in [0.25, 0.3) is 0 Å². The number of hydrogen-bond donors (Lipinski definition) is 3. The molecule has 0 bridgehead atoms. The van der Waals surface area contributed by atoms with Crippen molar-refractivity contribution in [2.75, 3.05) is 13.2 Å². The number of carbonyl (C=O) groups excluding carboxylic acids is 1. The van der Waals surface area contributed by atoms with E-state index in [2.05, 4.69) is 5.32 Å². The highest BCUT2D eigenvalue weighted by Gasteiger charge is 2.28. The van der Waals surface area contributed by atoms with Crippen molar-refractivity contribution in [1.82, 2.24) is 10.2 Å². The summed E-state index contributed by atoms with van der Waals surface area (Å²) in [6.07, 6.45) is 3.65. The SMILES string of the molecule is O=C(O)c1ccc(CNC(=O)N(CCCO)C2CCC2)o1. The Kier molecular flexibility index (Phi) is 5.21. The topological polar surface area (TPSA) is 103 Å². The third kappa shape index (κ3) is 3.98. The van der Waals surface area contributed by atoms with E-state index in [0.717, 1.165) is 19.3 Å². The predicted molar refractivity (Wildman–Crippen MR) is 74.0 cm³/mol. The second-order valence-corrected chi connectivity index (χ2v) is 5.09. The van der Waals surface area contributed by atoms with E-state index in [1.807, 2.05) is 0 Å². The van der Waals surface area contributed by atoms with Gasteiger partial charge in [0.25, 0.3) is 0 Å². The first-order valence-corrected chi connectivity index (χ1v) is 7.09. The molecule has 1 aromatic rings. The number of carbonyl (C=O) groups is 2. The Morgan fingerprint density at radius 1 is 1.38 bits per heavy atom. The minimum Gasteiger partial charge on any atom is -0.475 e. The first-order chi connectivity index (χ1) is 10.1. The summed E-state index contributed by atoms with van der Waals surface area (Å²) in [6.45, 7) is 0.719. The summed E-state index contributed by atoms with van der Waals surface area (Å²) >= 11 is 0. The van der Waals surface area contributed by atoms with Crippen LogP contribution in [0.5, 0.6) is 0 Å². The lowest BCUT2D eigenvalue weighted by molar-refractivity contribution is 0.0660. The summed E-state index contributed by atoms with van der Waals surface area (Å²) in [5, 5.41) is 20.4. The highest BCUT2D eigenvalue weighted by atomic mass is 16.4. The third-order valence-electron chi connectivity index (χ3n) is 3.62. The number of carboxylic acid groups (broad SMARTS) is 1. The number of nitrogens with zero attached hydrogens (tertiary/aromatic N) is 1. The Labute approximate surface area is 122 Å². The van der Waals surface area contributed by atoms with Gasteiger partial charge < -0.3 is 24.8 Å². The number of furan rings is 1. The Bertz CT molecular complexity index is 495. The van der Waals surface area contributed by atoms with Crippen molar-refractivity contribution >= 4 is 12.0 Å². The highest BCUT2D eigenvalue weighted by Crippen LogP contribution is 2.25. The van der Waals surface area contributed by atoms with E-state index in [1.165, 1.54) is 12.1 Å². The molecule has 0 atom stereocenters. The molecule has 1 fully saturated rings. The fourth-order valence-electron chi connectivity index (χ4n) is 2.24. The molecule has 3 N–H and O–H groups in total. The van der Waals surface area contributed by atoms with E-state index >= 15 is 0 Å². The fraction of sp³-hybridized carbons (Fsp3) is 0.571. The van der Waals surface area contributed by atoms with Crippen LogP contribution in [-0.2, 0) is 6.54 Å². The molecule has 0 spiro atoms. The van der Waals surface area contributed by atoms with Gasteiger partial charge in [-0.2, -0.15) is 0 Å². The van der Waals surface area contributed by atoms with Crippen molar-refractivity contribution in [3.05, 3.63) is 23.7 Å². The zero-order chi connectivity index (χ0) is 15.2. The lowest BCUT2D eigenvalue weighted by atomic mass is 9.91. The molecule has 1 heterocycles. The molecule has 1 saturated carbocycles. The Balaban J connectivity index is 1.86. The van der Waals surface area contributed by atoms with Gasteiger partial charge in [-0.1, -0.05) is 0 Å². The van der Waals surface area contributed by atoms with Gasteiger partial charge in [0.2, 0.25) is 5.76 Å². The summed E-state index contributed by atoms with van der Waals surface area (Å²) in [5.74, 6) is -0.876. The molecule has 7 heteroatoms. The molecule has 0 aromatic carbocycles. The van der Waals surface area contributed by atoms with Crippen LogP contribution >= 0.6 is 0 Å². The zero-order valence-corrected chi connectivity index (χ0v) is 11.7. The maximum absolute atomic E-state index is 12.2. The Morgan fingerprint density at radius 3 is 2.67 bits per heavy atom. The van der Waals surface area contributed by atoms with E-state index in [-0.39, 0.29) is 31.0 Å². The van der Waals surface area contributed by atoms with Gasteiger partial charge in [-0.3, -0.25) is 0 Å². The van der Waals surface area contributed by atoms with Crippen LogP contribution < -0.4 is 5.32 Å². The van der Waals surface area contributed by atoms with Crippen molar-refractivity contribution in [2.24, 2.45) is 0 Å². The average molecular weight is 296 g/mol. The lowest BCUT2D eigenvalue weighted by Gasteiger charge is -2.37. The summed E-state index contributed by atoms with van der Waals surface area (Å²) in [7, 11) is 0. The number of carboxylic acids is 1. The normalized spacial score (nSPS) is 14.5. The second kappa shape index (κ2) is 7.12. The number of rotatable bonds is 7. The molecule has 0 saturated heterocycles. The van der Waals surface area contributed by atoms with Crippen LogP contribution in [0.4, 0.5) is 4.79 Å². The monoisotopic (exact) mass is 296 g/mol. The highest BCUT2D eigenvalue weighted by molar-refractivity contribution is 5.84. The van der Waals surface area contributed by atoms with Crippen LogP contribution in [0.1, 0.15) is 42.0 Å². The van der Waals surface area contributed by atoms with E-state index in [4.69, 9.17) is 14.6 Å². The number of aliphatic hydroxyl groups excluding tert-OH is 1. The molecule has 1 aliphatic rings. The van der Waals surface area contributed by atoms with Gasteiger partial charge in [-0.05, 0) is 37.8 Å². The van der Waals surface area contributed by atoms with Crippen LogP contribution in [-0.4, -0.2) is 46.3 Å². The van der Waals surface area contributed by atoms with Gasteiger partial charge in [0, 0.05) is 19.2 Å². The molecule has 2 rings (SSSR count). The van der Waals surface area contributed by atoms with E-state index in [1.54, 1.807) is 4.90 Å². The van der Waals surface area contributed by atoms with Gasteiger partial charge in [-0.15, -0.1) is 0 Å². The van der Waals surface area contributed by atoms with Crippen molar-refractivity contribution in [3.63, 3.8) is 0 Å². The number of aromatic carboxylic acids is 1. The third-order valence-corrected chi connectivity index (χ3v) is 3.62. The zero-order valence-electron chi connectivity index (χ0n) is 11.7. The van der Waals surface area contributed by atoms with Crippen LogP contribution in [0.2, 0.25) is 0 Å². The first-order valence-electron chi connectivity index (χ1n) is 7.09. The van der Waals surface area contributed by atoms with Gasteiger partial charge in [-0.25, -0.2) is 9.59 Å².